The van der Waals surface area contributed by atoms with Gasteiger partial charge < -0.3 is 10.2 Å². The van der Waals surface area contributed by atoms with E-state index in [-0.39, 0.29) is 5.92 Å². The van der Waals surface area contributed by atoms with E-state index in [0.717, 1.165) is 48.3 Å². The molecule has 0 aromatic carbocycles. The molecule has 0 spiro atoms. The summed E-state index contributed by atoms with van der Waals surface area (Å²) in [6.07, 6.45) is 12.7. The monoisotopic (exact) mass is 278 g/mol. The molecule has 114 valence electrons. The van der Waals surface area contributed by atoms with E-state index in [4.69, 9.17) is 0 Å². The first-order valence-corrected chi connectivity index (χ1v) is 9.10. The molecule has 0 aliphatic heterocycles. The number of fused-ring (bicyclic) bond motifs is 5. The smallest absolute Gasteiger partial charge is 0.154 e. The molecule has 0 bridgehead atoms. The van der Waals surface area contributed by atoms with Crippen LogP contribution in [0.2, 0.25) is 0 Å². The number of aliphatic hydroxyl groups is 2. The fourth-order valence-corrected chi connectivity index (χ4v) is 6.78. The first kappa shape index (κ1) is 13.6. The van der Waals surface area contributed by atoms with Gasteiger partial charge in [0.25, 0.3) is 0 Å². The van der Waals surface area contributed by atoms with E-state index in [0.29, 0.717) is 0 Å². The van der Waals surface area contributed by atoms with Crippen molar-refractivity contribution in [3.63, 3.8) is 0 Å². The van der Waals surface area contributed by atoms with Crippen molar-refractivity contribution >= 4 is 0 Å². The number of hydrogen-bond acceptors (Lipinski definition) is 2. The fraction of sp³-hybridized carbons (Fsp3) is 1.00. The largest absolute Gasteiger partial charge is 0.368 e. The van der Waals surface area contributed by atoms with Crippen molar-refractivity contribution in [2.45, 2.75) is 70.5 Å². The van der Waals surface area contributed by atoms with Gasteiger partial charge in [-0.2, -0.15) is 0 Å². The van der Waals surface area contributed by atoms with Gasteiger partial charge in [-0.05, 0) is 86.9 Å². The maximum absolute atomic E-state index is 9.48. The average molecular weight is 278 g/mol. The van der Waals surface area contributed by atoms with E-state index in [1.54, 1.807) is 0 Å². The second-order valence-electron chi connectivity index (χ2n) is 8.25. The van der Waals surface area contributed by atoms with Crippen LogP contribution in [0.25, 0.3) is 0 Å². The first-order valence-electron chi connectivity index (χ1n) is 9.10. The van der Waals surface area contributed by atoms with Gasteiger partial charge in [-0.15, -0.1) is 0 Å². The van der Waals surface area contributed by atoms with Gasteiger partial charge in [-0.3, -0.25) is 0 Å². The highest BCUT2D eigenvalue weighted by molar-refractivity contribution is 4.99. The topological polar surface area (TPSA) is 40.5 Å². The Morgan fingerprint density at radius 2 is 1.25 bits per heavy atom. The lowest BCUT2D eigenvalue weighted by Gasteiger charge is -2.53. The Hall–Kier alpha value is -0.0800. The van der Waals surface area contributed by atoms with Gasteiger partial charge in [0.1, 0.15) is 0 Å². The normalized spacial score (nSPS) is 51.5. The van der Waals surface area contributed by atoms with Crippen molar-refractivity contribution in [3.05, 3.63) is 0 Å². The van der Waals surface area contributed by atoms with Crippen LogP contribution in [0.15, 0.2) is 0 Å². The zero-order valence-electron chi connectivity index (χ0n) is 12.6. The van der Waals surface area contributed by atoms with E-state index in [2.05, 4.69) is 0 Å². The highest BCUT2D eigenvalue weighted by Crippen LogP contribution is 2.58. The van der Waals surface area contributed by atoms with Crippen molar-refractivity contribution in [2.24, 2.45) is 41.4 Å². The molecule has 0 aromatic heterocycles. The molecule has 2 N–H and O–H groups in total. The Bertz CT molecular complexity index is 353. The minimum Gasteiger partial charge on any atom is -0.368 e. The molecule has 0 amide bonds. The van der Waals surface area contributed by atoms with E-state index < -0.39 is 6.29 Å². The van der Waals surface area contributed by atoms with Gasteiger partial charge in [-0.25, -0.2) is 0 Å². The lowest BCUT2D eigenvalue weighted by Crippen LogP contribution is -2.45. The highest BCUT2D eigenvalue weighted by atomic mass is 16.5. The number of rotatable bonds is 1. The van der Waals surface area contributed by atoms with Crippen molar-refractivity contribution in [1.82, 2.24) is 0 Å². The fourth-order valence-electron chi connectivity index (χ4n) is 6.78. The van der Waals surface area contributed by atoms with Crippen LogP contribution in [0.3, 0.4) is 0 Å². The van der Waals surface area contributed by atoms with Gasteiger partial charge in [0, 0.05) is 5.92 Å². The molecule has 4 aliphatic rings. The van der Waals surface area contributed by atoms with E-state index in [9.17, 15) is 10.2 Å². The zero-order chi connectivity index (χ0) is 13.7. The summed E-state index contributed by atoms with van der Waals surface area (Å²) in [7, 11) is 0. The molecule has 4 aliphatic carbocycles. The quantitative estimate of drug-likeness (QED) is 0.720. The van der Waals surface area contributed by atoms with Crippen molar-refractivity contribution in [3.8, 4) is 0 Å². The van der Waals surface area contributed by atoms with Crippen LogP contribution in [0.1, 0.15) is 64.2 Å². The van der Waals surface area contributed by atoms with Gasteiger partial charge in [0.2, 0.25) is 0 Å². The predicted octanol–water partition coefficient (Wildman–Crippen LogP) is 3.57. The summed E-state index contributed by atoms with van der Waals surface area (Å²) in [5.74, 6) is 6.05. The lowest BCUT2D eigenvalue weighted by molar-refractivity contribution is -0.118. The van der Waals surface area contributed by atoms with E-state index in [1.807, 2.05) is 0 Å². The van der Waals surface area contributed by atoms with Crippen LogP contribution in [-0.2, 0) is 0 Å². The summed E-state index contributed by atoms with van der Waals surface area (Å²) < 4.78 is 0. The Morgan fingerprint density at radius 3 is 2.00 bits per heavy atom. The average Bonchev–Trinajstić information content (AvgIpc) is 2.94. The third-order valence-corrected chi connectivity index (χ3v) is 7.61. The zero-order valence-corrected chi connectivity index (χ0v) is 12.6. The van der Waals surface area contributed by atoms with Gasteiger partial charge in [-0.1, -0.05) is 12.8 Å². The molecule has 0 radical (unpaired) electrons. The third kappa shape index (κ3) is 2.14. The van der Waals surface area contributed by atoms with Crippen LogP contribution in [0.4, 0.5) is 0 Å². The highest BCUT2D eigenvalue weighted by Gasteiger charge is 2.49. The van der Waals surface area contributed by atoms with Crippen molar-refractivity contribution in [2.75, 3.05) is 0 Å². The van der Waals surface area contributed by atoms with E-state index >= 15 is 0 Å². The summed E-state index contributed by atoms with van der Waals surface area (Å²) in [5.41, 5.74) is 0. The molecule has 1 unspecified atom stereocenters. The molecule has 0 aromatic rings. The summed E-state index contributed by atoms with van der Waals surface area (Å²) >= 11 is 0. The first-order chi connectivity index (χ1) is 9.74. The SMILES string of the molecule is OC(O)[C@H]1CC[C@H]2C(CC[C@H]3[C@@H]4CCC[C@H]4CC[C@@H]32)C1. The molecular weight excluding hydrogens is 248 g/mol. The molecule has 4 saturated carbocycles. The third-order valence-electron chi connectivity index (χ3n) is 7.61. The maximum atomic E-state index is 9.48. The lowest BCUT2D eigenvalue weighted by atomic mass is 9.53. The Kier molecular flexibility index (Phi) is 3.58. The second kappa shape index (κ2) is 5.28. The van der Waals surface area contributed by atoms with Crippen molar-refractivity contribution < 1.29 is 10.2 Å². The van der Waals surface area contributed by atoms with Gasteiger partial charge in [0.05, 0.1) is 0 Å². The molecule has 7 atom stereocenters. The minimum absolute atomic E-state index is 0.163. The minimum atomic E-state index is -1.07. The Morgan fingerprint density at radius 1 is 0.600 bits per heavy atom. The molecule has 4 rings (SSSR count). The number of aliphatic hydroxyl groups excluding tert-OH is 1. The van der Waals surface area contributed by atoms with E-state index in [1.165, 1.54) is 51.4 Å². The van der Waals surface area contributed by atoms with Crippen molar-refractivity contribution in [1.29, 1.82) is 0 Å². The molecule has 2 nitrogen and oxygen atoms in total. The van der Waals surface area contributed by atoms with Gasteiger partial charge in [0.15, 0.2) is 6.29 Å². The summed E-state index contributed by atoms with van der Waals surface area (Å²) in [6, 6.07) is 0. The van der Waals surface area contributed by atoms with Crippen LogP contribution < -0.4 is 0 Å². The van der Waals surface area contributed by atoms with Crippen LogP contribution in [0.5, 0.6) is 0 Å². The van der Waals surface area contributed by atoms with Crippen LogP contribution in [0, 0.1) is 41.4 Å². The van der Waals surface area contributed by atoms with Crippen LogP contribution in [-0.4, -0.2) is 16.5 Å². The predicted molar refractivity (Wildman–Crippen MR) is 78.8 cm³/mol. The Balaban J connectivity index is 1.48. The summed E-state index contributed by atoms with van der Waals surface area (Å²) in [6.45, 7) is 0. The molecule has 0 saturated heterocycles. The van der Waals surface area contributed by atoms with Crippen LogP contribution >= 0.6 is 0 Å². The molecular formula is C18H30O2. The Labute approximate surface area is 123 Å². The summed E-state index contributed by atoms with van der Waals surface area (Å²) in [4.78, 5) is 0. The second-order valence-corrected chi connectivity index (χ2v) is 8.25. The number of hydrogen-bond donors (Lipinski definition) is 2. The summed E-state index contributed by atoms with van der Waals surface area (Å²) in [5, 5.41) is 19.0. The maximum Gasteiger partial charge on any atom is 0.154 e. The standard InChI is InChI=1S/C18H30O2/c19-18(20)13-6-7-15-12(10-13)5-9-16-14-3-1-2-11(14)4-8-17(15)16/h11-20H,1-10H2/t11-,12?,13-,14+,15-,16-,17+/m0/s1. The molecule has 2 heteroatoms. The molecule has 4 fully saturated rings. The van der Waals surface area contributed by atoms with Gasteiger partial charge >= 0.3 is 0 Å². The molecule has 20 heavy (non-hydrogen) atoms. The molecule has 0 heterocycles.